The van der Waals surface area contributed by atoms with Gasteiger partial charge >= 0.3 is 0 Å². The van der Waals surface area contributed by atoms with Gasteiger partial charge in [0.2, 0.25) is 0 Å². The van der Waals surface area contributed by atoms with Gasteiger partial charge in [0.25, 0.3) is 5.56 Å². The third-order valence-electron chi connectivity index (χ3n) is 3.67. The van der Waals surface area contributed by atoms with Crippen molar-refractivity contribution in [2.75, 3.05) is 6.26 Å². The quantitative estimate of drug-likeness (QED) is 0.653. The van der Waals surface area contributed by atoms with Crippen LogP contribution >= 0.6 is 23.4 Å². The Bertz CT molecular complexity index is 904. The molecule has 3 nitrogen and oxygen atoms in total. The zero-order chi connectivity index (χ0) is 16.4. The second-order valence-electron chi connectivity index (χ2n) is 5.11. The maximum Gasteiger partial charge on any atom is 0.275 e. The van der Waals surface area contributed by atoms with Gasteiger partial charge in [0.15, 0.2) is 0 Å². The van der Waals surface area contributed by atoms with E-state index in [4.69, 9.17) is 11.6 Å². The summed E-state index contributed by atoms with van der Waals surface area (Å²) in [7, 11) is 0. The molecule has 0 atom stereocenters. The first-order valence-electron chi connectivity index (χ1n) is 7.09. The van der Waals surface area contributed by atoms with Crippen LogP contribution in [-0.4, -0.2) is 16.0 Å². The van der Waals surface area contributed by atoms with Crippen molar-refractivity contribution in [2.24, 2.45) is 0 Å². The average Bonchev–Trinajstić information content (AvgIpc) is 2.57. The molecule has 0 fully saturated rings. The fourth-order valence-electron chi connectivity index (χ4n) is 2.39. The Hall–Kier alpha value is -2.04. The third kappa shape index (κ3) is 3.19. The Morgan fingerprint density at radius 2 is 1.87 bits per heavy atom. The number of hydrogen-bond donors (Lipinski definition) is 0. The van der Waals surface area contributed by atoms with Crippen molar-refractivity contribution in [1.82, 2.24) is 9.78 Å². The molecule has 3 rings (SSSR count). The van der Waals surface area contributed by atoms with Crippen molar-refractivity contribution in [3.63, 3.8) is 0 Å². The molecule has 1 aromatic heterocycles. The topological polar surface area (TPSA) is 34.9 Å². The summed E-state index contributed by atoms with van der Waals surface area (Å²) in [6.07, 6.45) is 3.76. The zero-order valence-electron chi connectivity index (χ0n) is 12.8. The van der Waals surface area contributed by atoms with Gasteiger partial charge in [-0.3, -0.25) is 4.79 Å². The minimum absolute atomic E-state index is 0.140. The standard InChI is InChI=1S/C18H15ClN2OS/c1-12-17(13-6-8-16(23-2)9-7-13)11-20-21(18(12)22)15-5-3-4-14(19)10-15/h3-11H,1-2H3. The zero-order valence-corrected chi connectivity index (χ0v) is 14.4. The molecule has 1 heterocycles. The molecule has 5 heteroatoms. The van der Waals surface area contributed by atoms with E-state index < -0.39 is 0 Å². The van der Waals surface area contributed by atoms with Gasteiger partial charge in [0, 0.05) is 21.0 Å². The van der Waals surface area contributed by atoms with Gasteiger partial charge in [0.05, 0.1) is 11.9 Å². The van der Waals surface area contributed by atoms with E-state index in [1.54, 1.807) is 36.2 Å². The maximum atomic E-state index is 12.7. The third-order valence-corrected chi connectivity index (χ3v) is 4.65. The fourth-order valence-corrected chi connectivity index (χ4v) is 2.98. The van der Waals surface area contributed by atoms with Gasteiger partial charge in [-0.2, -0.15) is 9.78 Å². The van der Waals surface area contributed by atoms with E-state index in [1.807, 2.05) is 43.5 Å². The van der Waals surface area contributed by atoms with Crippen LogP contribution in [0.25, 0.3) is 16.8 Å². The number of thioether (sulfide) groups is 1. The summed E-state index contributed by atoms with van der Waals surface area (Å²) >= 11 is 7.68. The SMILES string of the molecule is CSc1ccc(-c2cnn(-c3cccc(Cl)c3)c(=O)c2C)cc1. The molecule has 0 aliphatic carbocycles. The molecule has 2 aromatic carbocycles. The fraction of sp³-hybridized carbons (Fsp3) is 0.111. The van der Waals surface area contributed by atoms with E-state index in [1.165, 1.54) is 9.58 Å². The van der Waals surface area contributed by atoms with Crippen LogP contribution in [0.15, 0.2) is 64.4 Å². The van der Waals surface area contributed by atoms with Gasteiger partial charge in [-0.25, -0.2) is 0 Å². The Kier molecular flexibility index (Phi) is 4.55. The lowest BCUT2D eigenvalue weighted by molar-refractivity contribution is 0.799. The van der Waals surface area contributed by atoms with Crippen molar-refractivity contribution < 1.29 is 0 Å². The normalized spacial score (nSPS) is 10.7. The molecular formula is C18H15ClN2OS. The van der Waals surface area contributed by atoms with Crippen molar-refractivity contribution in [3.05, 3.63) is 75.7 Å². The average molecular weight is 343 g/mol. The lowest BCUT2D eigenvalue weighted by Gasteiger charge is -2.10. The highest BCUT2D eigenvalue weighted by atomic mass is 35.5. The van der Waals surface area contributed by atoms with E-state index >= 15 is 0 Å². The number of nitrogens with zero attached hydrogens (tertiary/aromatic N) is 2. The summed E-state index contributed by atoms with van der Waals surface area (Å²) in [6, 6.07) is 15.2. The van der Waals surface area contributed by atoms with Gasteiger partial charge < -0.3 is 0 Å². The minimum atomic E-state index is -0.140. The molecule has 0 saturated carbocycles. The van der Waals surface area contributed by atoms with E-state index in [2.05, 4.69) is 5.10 Å². The molecule has 3 aromatic rings. The maximum absolute atomic E-state index is 12.7. The molecular weight excluding hydrogens is 328 g/mol. The monoisotopic (exact) mass is 342 g/mol. The number of hydrogen-bond acceptors (Lipinski definition) is 3. The lowest BCUT2D eigenvalue weighted by Crippen LogP contribution is -2.23. The van der Waals surface area contributed by atoms with Crippen molar-refractivity contribution >= 4 is 23.4 Å². The lowest BCUT2D eigenvalue weighted by atomic mass is 10.0. The highest BCUT2D eigenvalue weighted by molar-refractivity contribution is 7.98. The number of benzene rings is 2. The molecule has 0 N–H and O–H groups in total. The predicted octanol–water partition coefficient (Wildman–Crippen LogP) is 4.58. The van der Waals surface area contributed by atoms with Crippen molar-refractivity contribution in [1.29, 1.82) is 0 Å². The first-order valence-corrected chi connectivity index (χ1v) is 8.70. The largest absolute Gasteiger partial charge is 0.275 e. The second kappa shape index (κ2) is 6.60. The summed E-state index contributed by atoms with van der Waals surface area (Å²) in [6.45, 7) is 1.82. The Labute approximate surface area is 143 Å². The highest BCUT2D eigenvalue weighted by Gasteiger charge is 2.10. The van der Waals surface area contributed by atoms with Crippen LogP contribution in [0.4, 0.5) is 0 Å². The molecule has 0 radical (unpaired) electrons. The van der Waals surface area contributed by atoms with Crippen LogP contribution in [-0.2, 0) is 0 Å². The summed E-state index contributed by atoms with van der Waals surface area (Å²) in [5.74, 6) is 0. The summed E-state index contributed by atoms with van der Waals surface area (Å²) in [5, 5.41) is 4.88. The van der Waals surface area contributed by atoms with Gasteiger partial charge in [0.1, 0.15) is 0 Å². The summed E-state index contributed by atoms with van der Waals surface area (Å²) in [5.41, 5.74) is 3.02. The number of halogens is 1. The Morgan fingerprint density at radius 1 is 1.13 bits per heavy atom. The van der Waals surface area contributed by atoms with E-state index in [0.717, 1.165) is 11.1 Å². The Balaban J connectivity index is 2.08. The first kappa shape index (κ1) is 15.8. The molecule has 0 unspecified atom stereocenters. The van der Waals surface area contributed by atoms with Crippen LogP contribution in [0.1, 0.15) is 5.56 Å². The Morgan fingerprint density at radius 3 is 2.52 bits per heavy atom. The summed E-state index contributed by atoms with van der Waals surface area (Å²) in [4.78, 5) is 13.8. The molecule has 0 aliphatic heterocycles. The summed E-state index contributed by atoms with van der Waals surface area (Å²) < 4.78 is 1.38. The molecule has 0 amide bonds. The van der Waals surface area contributed by atoms with Crippen molar-refractivity contribution in [3.8, 4) is 16.8 Å². The number of rotatable bonds is 3. The van der Waals surface area contributed by atoms with Crippen LogP contribution in [0, 0.1) is 6.92 Å². The predicted molar refractivity (Wildman–Crippen MR) is 96.8 cm³/mol. The molecule has 0 saturated heterocycles. The smallest absolute Gasteiger partial charge is 0.267 e. The van der Waals surface area contributed by atoms with Crippen molar-refractivity contribution in [2.45, 2.75) is 11.8 Å². The first-order chi connectivity index (χ1) is 11.1. The minimum Gasteiger partial charge on any atom is -0.267 e. The van der Waals surface area contributed by atoms with Gasteiger partial charge in [-0.15, -0.1) is 11.8 Å². The van der Waals surface area contributed by atoms with Crippen LogP contribution in [0.5, 0.6) is 0 Å². The number of aromatic nitrogens is 2. The van der Waals surface area contributed by atoms with Crippen LogP contribution < -0.4 is 5.56 Å². The van der Waals surface area contributed by atoms with E-state index in [0.29, 0.717) is 16.3 Å². The van der Waals surface area contributed by atoms with Gasteiger partial charge in [-0.1, -0.05) is 29.8 Å². The molecule has 23 heavy (non-hydrogen) atoms. The second-order valence-corrected chi connectivity index (χ2v) is 6.42. The van der Waals surface area contributed by atoms with E-state index in [9.17, 15) is 4.79 Å². The van der Waals surface area contributed by atoms with Crippen LogP contribution in [0.2, 0.25) is 5.02 Å². The molecule has 0 bridgehead atoms. The van der Waals surface area contributed by atoms with Gasteiger partial charge in [-0.05, 0) is 49.1 Å². The molecule has 0 spiro atoms. The molecule has 116 valence electrons. The highest BCUT2D eigenvalue weighted by Crippen LogP contribution is 2.24. The molecule has 0 aliphatic rings. The van der Waals surface area contributed by atoms with Crippen LogP contribution in [0.3, 0.4) is 0 Å². The van der Waals surface area contributed by atoms with E-state index in [-0.39, 0.29) is 5.56 Å².